The molecule has 1 heterocycles. The van der Waals surface area contributed by atoms with Crippen LogP contribution in [0.3, 0.4) is 0 Å². The van der Waals surface area contributed by atoms with Crippen LogP contribution in [0.4, 0.5) is 5.69 Å². The molecule has 2 N–H and O–H groups in total. The van der Waals surface area contributed by atoms with Gasteiger partial charge in [-0.25, -0.2) is 0 Å². The van der Waals surface area contributed by atoms with Gasteiger partial charge in [0, 0.05) is 19.0 Å². The van der Waals surface area contributed by atoms with Crippen LogP contribution in [0, 0.1) is 14.9 Å². The standard InChI is InChI=1S/C9H5IN2S/c10-7-2-6-8(12)4-13-9(6)1-5(7)3-11/h1-2,4H,12H2. The van der Waals surface area contributed by atoms with Crippen molar-refractivity contribution < 1.29 is 0 Å². The first-order valence-corrected chi connectivity index (χ1v) is 5.54. The molecule has 2 rings (SSSR count). The zero-order chi connectivity index (χ0) is 9.42. The van der Waals surface area contributed by atoms with Gasteiger partial charge in [0.05, 0.1) is 11.3 Å². The summed E-state index contributed by atoms with van der Waals surface area (Å²) in [5.41, 5.74) is 7.27. The van der Waals surface area contributed by atoms with Crippen LogP contribution in [0.5, 0.6) is 0 Å². The molecule has 0 aliphatic heterocycles. The molecule has 0 fully saturated rings. The minimum atomic E-state index is 0.718. The maximum atomic E-state index is 8.80. The third-order valence-electron chi connectivity index (χ3n) is 1.81. The lowest BCUT2D eigenvalue weighted by molar-refractivity contribution is 1.48. The van der Waals surface area contributed by atoms with Gasteiger partial charge >= 0.3 is 0 Å². The highest BCUT2D eigenvalue weighted by Crippen LogP contribution is 2.30. The number of nitriles is 1. The molecule has 2 nitrogen and oxygen atoms in total. The summed E-state index contributed by atoms with van der Waals surface area (Å²) < 4.78 is 2.03. The van der Waals surface area contributed by atoms with E-state index in [1.165, 1.54) is 0 Å². The summed E-state index contributed by atoms with van der Waals surface area (Å²) in [6.07, 6.45) is 0. The van der Waals surface area contributed by atoms with E-state index in [1.807, 2.05) is 17.5 Å². The quantitative estimate of drug-likeness (QED) is 0.760. The fourth-order valence-corrected chi connectivity index (χ4v) is 2.61. The van der Waals surface area contributed by atoms with Crippen molar-refractivity contribution in [1.82, 2.24) is 0 Å². The van der Waals surface area contributed by atoms with E-state index in [0.717, 1.165) is 24.9 Å². The van der Waals surface area contributed by atoms with E-state index in [1.54, 1.807) is 11.3 Å². The van der Waals surface area contributed by atoms with Crippen molar-refractivity contribution in [2.24, 2.45) is 0 Å². The number of nitrogen functional groups attached to an aromatic ring is 1. The highest BCUT2D eigenvalue weighted by atomic mass is 127. The second-order valence-corrected chi connectivity index (χ2v) is 4.70. The summed E-state index contributed by atoms with van der Waals surface area (Å²) in [7, 11) is 0. The fraction of sp³-hybridized carbons (Fsp3) is 0. The number of fused-ring (bicyclic) bond motifs is 1. The predicted octanol–water partition coefficient (Wildman–Crippen LogP) is 2.96. The largest absolute Gasteiger partial charge is 0.398 e. The summed E-state index contributed by atoms with van der Waals surface area (Å²) in [4.78, 5) is 0. The topological polar surface area (TPSA) is 49.8 Å². The van der Waals surface area contributed by atoms with Crippen molar-refractivity contribution in [3.63, 3.8) is 0 Å². The van der Waals surface area contributed by atoms with Crippen molar-refractivity contribution >= 4 is 49.7 Å². The molecule has 4 heteroatoms. The molecule has 0 aliphatic rings. The maximum absolute atomic E-state index is 8.80. The molecule has 0 aliphatic carbocycles. The van der Waals surface area contributed by atoms with Gasteiger partial charge in [-0.2, -0.15) is 5.26 Å². The molecule has 0 bridgehead atoms. The Labute approximate surface area is 93.1 Å². The lowest BCUT2D eigenvalue weighted by Gasteiger charge is -1.96. The zero-order valence-corrected chi connectivity index (χ0v) is 9.52. The van der Waals surface area contributed by atoms with E-state index in [-0.39, 0.29) is 0 Å². The number of anilines is 1. The highest BCUT2D eigenvalue weighted by Gasteiger charge is 2.05. The number of nitrogens with two attached hydrogens (primary N) is 1. The second-order valence-electron chi connectivity index (χ2n) is 2.63. The Morgan fingerprint density at radius 2 is 2.23 bits per heavy atom. The number of halogens is 1. The molecule has 0 unspecified atom stereocenters. The summed E-state index contributed by atoms with van der Waals surface area (Å²) in [6, 6.07) is 6.00. The Bertz CT molecular complexity index is 510. The summed E-state index contributed by atoms with van der Waals surface area (Å²) in [5, 5.41) is 11.8. The normalized spacial score (nSPS) is 10.2. The number of benzene rings is 1. The summed E-state index contributed by atoms with van der Waals surface area (Å²) in [5.74, 6) is 0. The average Bonchev–Trinajstić information content (AvgIpc) is 2.47. The van der Waals surface area contributed by atoms with Gasteiger partial charge in [0.15, 0.2) is 0 Å². The van der Waals surface area contributed by atoms with Crippen LogP contribution in [0.25, 0.3) is 10.1 Å². The Morgan fingerprint density at radius 3 is 2.92 bits per heavy atom. The smallest absolute Gasteiger partial charge is 0.100 e. The lowest BCUT2D eigenvalue weighted by Crippen LogP contribution is -1.84. The first kappa shape index (κ1) is 8.78. The van der Waals surface area contributed by atoms with Gasteiger partial charge in [0.1, 0.15) is 6.07 Å². The maximum Gasteiger partial charge on any atom is 0.100 e. The van der Waals surface area contributed by atoms with E-state index in [2.05, 4.69) is 28.7 Å². The van der Waals surface area contributed by atoms with Crippen molar-refractivity contribution in [2.45, 2.75) is 0 Å². The molecular weight excluding hydrogens is 295 g/mol. The lowest BCUT2D eigenvalue weighted by atomic mass is 10.2. The van der Waals surface area contributed by atoms with Gasteiger partial charge in [-0.1, -0.05) is 0 Å². The fourth-order valence-electron chi connectivity index (χ4n) is 1.15. The summed E-state index contributed by atoms with van der Waals surface area (Å²) in [6.45, 7) is 0. The minimum absolute atomic E-state index is 0.718. The van der Waals surface area contributed by atoms with Crippen molar-refractivity contribution in [3.05, 3.63) is 26.6 Å². The Kier molecular flexibility index (Phi) is 2.14. The van der Waals surface area contributed by atoms with E-state index >= 15 is 0 Å². The van der Waals surface area contributed by atoms with Gasteiger partial charge in [-0.15, -0.1) is 11.3 Å². The number of nitrogens with zero attached hydrogens (tertiary/aromatic N) is 1. The van der Waals surface area contributed by atoms with E-state index in [4.69, 9.17) is 11.0 Å². The highest BCUT2D eigenvalue weighted by molar-refractivity contribution is 14.1. The van der Waals surface area contributed by atoms with Crippen LogP contribution in [0.1, 0.15) is 5.56 Å². The molecular formula is C9H5IN2S. The Hall–Kier alpha value is -0.800. The third-order valence-corrected chi connectivity index (χ3v) is 3.67. The molecule has 13 heavy (non-hydrogen) atoms. The molecule has 2 aromatic rings. The number of hydrogen-bond donors (Lipinski definition) is 1. The zero-order valence-electron chi connectivity index (χ0n) is 6.54. The van der Waals surface area contributed by atoms with E-state index in [0.29, 0.717) is 0 Å². The van der Waals surface area contributed by atoms with Crippen molar-refractivity contribution in [2.75, 3.05) is 5.73 Å². The van der Waals surface area contributed by atoms with Gasteiger partial charge < -0.3 is 5.73 Å². The van der Waals surface area contributed by atoms with E-state index < -0.39 is 0 Å². The van der Waals surface area contributed by atoms with Gasteiger partial charge in [0.25, 0.3) is 0 Å². The molecule has 0 spiro atoms. The summed E-state index contributed by atoms with van der Waals surface area (Å²) >= 11 is 3.72. The number of thiophene rings is 1. The molecule has 64 valence electrons. The van der Waals surface area contributed by atoms with Crippen molar-refractivity contribution in [3.8, 4) is 6.07 Å². The second kappa shape index (κ2) is 3.16. The predicted molar refractivity (Wildman–Crippen MR) is 63.7 cm³/mol. The Morgan fingerprint density at radius 1 is 1.46 bits per heavy atom. The molecule has 1 aromatic heterocycles. The molecule has 0 amide bonds. The van der Waals surface area contributed by atoms with Crippen LogP contribution < -0.4 is 5.73 Å². The monoisotopic (exact) mass is 300 g/mol. The number of hydrogen-bond acceptors (Lipinski definition) is 3. The number of rotatable bonds is 0. The third kappa shape index (κ3) is 1.38. The Balaban J connectivity index is 2.85. The molecule has 0 atom stereocenters. The first-order valence-electron chi connectivity index (χ1n) is 3.58. The van der Waals surface area contributed by atoms with Crippen LogP contribution in [0.15, 0.2) is 17.5 Å². The van der Waals surface area contributed by atoms with Crippen LogP contribution >= 0.6 is 33.9 Å². The van der Waals surface area contributed by atoms with Crippen LogP contribution in [-0.4, -0.2) is 0 Å². The molecule has 1 aromatic carbocycles. The van der Waals surface area contributed by atoms with Crippen LogP contribution in [0.2, 0.25) is 0 Å². The van der Waals surface area contributed by atoms with Crippen molar-refractivity contribution in [1.29, 1.82) is 5.26 Å². The van der Waals surface area contributed by atoms with Gasteiger partial charge in [-0.3, -0.25) is 0 Å². The molecule has 0 radical (unpaired) electrons. The molecule has 0 saturated heterocycles. The van der Waals surface area contributed by atoms with Gasteiger partial charge in [-0.05, 0) is 34.7 Å². The van der Waals surface area contributed by atoms with Crippen LogP contribution in [-0.2, 0) is 0 Å². The molecule has 0 saturated carbocycles. The first-order chi connectivity index (χ1) is 6.22. The average molecular weight is 300 g/mol. The SMILES string of the molecule is N#Cc1cc2scc(N)c2cc1I. The minimum Gasteiger partial charge on any atom is -0.398 e. The van der Waals surface area contributed by atoms with E-state index in [9.17, 15) is 0 Å². The van der Waals surface area contributed by atoms with Gasteiger partial charge in [0.2, 0.25) is 0 Å².